The molecule has 664 valence electrons. The van der Waals surface area contributed by atoms with Gasteiger partial charge in [0, 0.05) is 22.4 Å². The zero-order chi connectivity index (χ0) is 91.6. The zero-order valence-corrected chi connectivity index (χ0v) is 73.1. The lowest BCUT2D eigenvalue weighted by Crippen LogP contribution is -2.47. The molecule has 0 heterocycles. The molecule has 4 aliphatic rings. The molecule has 108 heavy (non-hydrogen) atoms. The van der Waals surface area contributed by atoms with E-state index in [-0.39, 0.29) is 49.3 Å². The summed E-state index contributed by atoms with van der Waals surface area (Å²) in [7, 11) is 0. The van der Waals surface area contributed by atoms with E-state index in [2.05, 4.69) is 96.9 Å². The van der Waals surface area contributed by atoms with Gasteiger partial charge in [-0.25, -0.2) is 17.6 Å². The second-order valence-corrected chi connectivity index (χ2v) is 35.7. The highest BCUT2D eigenvalue weighted by Crippen LogP contribution is 2.57. The van der Waals surface area contributed by atoms with Gasteiger partial charge in [0.25, 0.3) is 0 Å². The van der Waals surface area contributed by atoms with Gasteiger partial charge < -0.3 is 0 Å². The Morgan fingerprint density at radius 1 is 0.370 bits per heavy atom. The molecule has 0 aromatic heterocycles. The maximum atomic E-state index is 12.6. The predicted octanol–water partition coefficient (Wildman–Crippen LogP) is 35.5. The largest absolute Gasteiger partial charge is 0.402 e. The fraction of sp³-hybridized carbons (Fsp3) is 1.00. The quantitative estimate of drug-likeness (QED) is 0.191. The van der Waals surface area contributed by atoms with Crippen molar-refractivity contribution < 1.29 is 114 Å². The van der Waals surface area contributed by atoms with Crippen LogP contribution in [0.25, 0.3) is 0 Å². The molecular weight excluding hydrogens is 1470 g/mol. The normalized spacial score (nSPS) is 26.7. The van der Waals surface area contributed by atoms with Crippen LogP contribution in [0.1, 0.15) is 356 Å². The number of hydrogen-bond acceptors (Lipinski definition) is 0. The maximum Gasteiger partial charge on any atom is 0.402 e. The molecule has 0 aliphatic heterocycles. The van der Waals surface area contributed by atoms with Gasteiger partial charge in [-0.2, -0.15) is 92.2 Å². The molecule has 0 nitrogen and oxygen atoms in total. The minimum absolute atomic E-state index is 0.0509. The first kappa shape index (κ1) is 115. The van der Waals surface area contributed by atoms with E-state index in [1.807, 2.05) is 34.6 Å². The first-order valence-electron chi connectivity index (χ1n) is 40.7. The van der Waals surface area contributed by atoms with Crippen LogP contribution in [0.2, 0.25) is 0 Å². The van der Waals surface area contributed by atoms with Gasteiger partial charge in [-0.1, -0.05) is 293 Å². The van der Waals surface area contributed by atoms with Crippen molar-refractivity contribution in [1.82, 2.24) is 0 Å². The highest BCUT2D eigenvalue weighted by molar-refractivity contribution is 4.97. The number of alkyl halides is 25. The first-order chi connectivity index (χ1) is 48.6. The Bertz CT molecular complexity index is 2190. The van der Waals surface area contributed by atoms with Crippen molar-refractivity contribution in [2.45, 2.75) is 407 Å². The van der Waals surface area contributed by atoms with Crippen molar-refractivity contribution >= 4 is 0 Å². The minimum Gasteiger partial charge on any atom is -0.210 e. The van der Waals surface area contributed by atoms with Gasteiger partial charge >= 0.3 is 43.2 Å². The second kappa shape index (κ2) is 52.8. The molecule has 0 aromatic carbocycles. The molecule has 12 unspecified atom stereocenters. The van der Waals surface area contributed by atoms with Crippen LogP contribution in [0.4, 0.5) is 110 Å². The van der Waals surface area contributed by atoms with Crippen LogP contribution in [0, 0.1) is 128 Å². The summed E-state index contributed by atoms with van der Waals surface area (Å²) in [6.07, 6.45) is -23.0. The van der Waals surface area contributed by atoms with E-state index in [0.717, 1.165) is 44.4 Å². The van der Waals surface area contributed by atoms with Gasteiger partial charge in [0.1, 0.15) is 0 Å². The smallest absolute Gasteiger partial charge is 0.210 e. The summed E-state index contributed by atoms with van der Waals surface area (Å²) in [5.74, 6) is -8.55. The van der Waals surface area contributed by atoms with E-state index in [9.17, 15) is 110 Å². The first-order valence-corrected chi connectivity index (χ1v) is 39.2. The summed E-state index contributed by atoms with van der Waals surface area (Å²) < 4.78 is 324. The highest BCUT2D eigenvalue weighted by Gasteiger charge is 2.66. The Labute approximate surface area is 646 Å². The van der Waals surface area contributed by atoms with E-state index in [1.165, 1.54) is 107 Å². The molecule has 0 N–H and O–H groups in total. The average Bonchev–Trinajstić information content (AvgIpc) is 1.67. The molecule has 0 amide bonds. The molecule has 0 aromatic rings. The van der Waals surface area contributed by atoms with E-state index in [4.69, 9.17) is 4.11 Å². The van der Waals surface area contributed by atoms with Gasteiger partial charge in [0.15, 0.2) is 5.41 Å². The van der Waals surface area contributed by atoms with Gasteiger partial charge in [0.2, 0.25) is 12.3 Å². The molecule has 0 radical (unpaired) electrons. The van der Waals surface area contributed by atoms with Gasteiger partial charge in [-0.05, 0) is 133 Å². The molecule has 4 aliphatic carbocycles. The lowest BCUT2D eigenvalue weighted by molar-refractivity contribution is -0.335. The van der Waals surface area contributed by atoms with E-state index in [1.54, 1.807) is 27.7 Å². The zero-order valence-electron chi connectivity index (χ0n) is 76.1. The monoisotopic (exact) mass is 1630 g/mol. The van der Waals surface area contributed by atoms with Crippen LogP contribution in [0.5, 0.6) is 0 Å². The van der Waals surface area contributed by atoms with Crippen molar-refractivity contribution in [3.63, 3.8) is 0 Å². The molecule has 0 bridgehead atoms. The van der Waals surface area contributed by atoms with Crippen molar-refractivity contribution in [1.29, 1.82) is 0 Å². The summed E-state index contributed by atoms with van der Waals surface area (Å²) in [5.41, 5.74) is -4.24. The lowest BCUT2D eigenvalue weighted by Gasteiger charge is -2.32. The standard InChI is InChI=1S/C10H14F6.C8H13F3.2C8H16.C7H16.C6H8F6.2C6H11F3.2C6H12F2.2C6H14/c1-4-5(2)8(10(14,15)16)6(3)7(4)9(11,12)13;1-5-3-6(2)7(4-5)8(9,10)11;2*1-6-4-5-7(2)8(6)3;1-5-6-7(2,3)4;1-3-4(2,5(7,8)9)6(10,11)12;1-4-5(2,3)6(7,8)9;1-3-4-5(2)6(7,8)9;1-4-6(7,8)5(2)3;1-3-4-5(2)6(7)8;2*1-5-6(2,3)4/h4-8H,1-3H3;5-7H,3-4H2,1-2H3;2*6-8H,4-5H2,1-3H3;5-6H2,1-4H3;3H2,1-2H3;4H2,1-3H3;5H,3-4H2,1-2H3;5H,4H2,1-3H3;5-6H,3-4H2,1-2H3;2*5H2,1-4H3/t4-,5?,6?,7?,8?;5-,6?,7?;;;;;;;;;;/m10........../s1/i;;8D;;;;;;;;5D2;. The number of halogens is 25. The topological polar surface area (TPSA) is 0 Å². The Balaban J connectivity index is -0.000000175. The Morgan fingerprint density at radius 2 is 0.704 bits per heavy atom. The molecule has 4 fully saturated rings. The van der Waals surface area contributed by atoms with Crippen molar-refractivity contribution in [2.75, 3.05) is 0 Å². The van der Waals surface area contributed by atoms with Crippen molar-refractivity contribution in [3.8, 4) is 0 Å². The minimum atomic E-state index is -5.24. The molecule has 0 saturated heterocycles. The maximum absolute atomic E-state index is 12.6. The average molecular weight is 1630 g/mol. The van der Waals surface area contributed by atoms with E-state index in [0.29, 0.717) is 41.9 Å². The molecule has 14 atom stereocenters. The molecule has 4 saturated carbocycles. The van der Waals surface area contributed by atoms with Gasteiger partial charge in [-0.3, -0.25) is 0 Å². The summed E-state index contributed by atoms with van der Waals surface area (Å²) in [5, 5.41) is 0. The van der Waals surface area contributed by atoms with Crippen LogP contribution < -0.4 is 0 Å². The van der Waals surface area contributed by atoms with Gasteiger partial charge in [-0.15, -0.1) is 0 Å². The third-order valence-corrected chi connectivity index (χ3v) is 22.0. The van der Waals surface area contributed by atoms with Gasteiger partial charge in [0.05, 0.1) is 29.1 Å². The summed E-state index contributed by atoms with van der Waals surface area (Å²) >= 11 is 0. The van der Waals surface area contributed by atoms with E-state index < -0.39 is 132 Å². The molecular formula is C83H157F25. The SMILES string of the molecule is CC1C(C(F)(F)F)C(C)[C@@H](C)C1C(F)(F)F.CC1CCC(C)C1C.CC1C[C@H](C)CC1C(F)(F)F.CCC(C)(C(F)(F)F)C(F)(F)F.CCC(C)(C)C.CCC(C)(C)C(F)(F)F.CCC(F)(F)C(C)C.CCCC(C)(C)C.CCCC(C)C(F)(F)F.CCCC(C)C(F)F.[2H]C([2H])(C)C(C)(C)C.[2H]C1(C)C(C)CCC1C. The van der Waals surface area contributed by atoms with Crippen LogP contribution in [-0.4, -0.2) is 55.6 Å². The lowest BCUT2D eigenvalue weighted by atomic mass is 9.86. The fourth-order valence-corrected chi connectivity index (χ4v) is 11.2. The third kappa shape index (κ3) is 54.9. The van der Waals surface area contributed by atoms with Crippen molar-refractivity contribution in [3.05, 3.63) is 0 Å². The van der Waals surface area contributed by atoms with Crippen LogP contribution in [-0.2, 0) is 0 Å². The Hall–Kier alpha value is -1.75. The Morgan fingerprint density at radius 3 is 0.778 bits per heavy atom. The number of rotatable bonds is 10. The van der Waals surface area contributed by atoms with Crippen LogP contribution in [0.3, 0.4) is 0 Å². The summed E-state index contributed by atoms with van der Waals surface area (Å²) in [6, 6.07) is 0. The van der Waals surface area contributed by atoms with Crippen LogP contribution >= 0.6 is 0 Å². The predicted molar refractivity (Wildman–Crippen MR) is 402 cm³/mol. The Kier molecular flexibility index (Phi) is 56.1. The van der Waals surface area contributed by atoms with Crippen LogP contribution in [0.15, 0.2) is 0 Å². The summed E-state index contributed by atoms with van der Waals surface area (Å²) in [4.78, 5) is 0. The molecule has 25 heteroatoms. The summed E-state index contributed by atoms with van der Waals surface area (Å²) in [6.45, 7) is 62.0. The van der Waals surface area contributed by atoms with Crippen molar-refractivity contribution in [2.24, 2.45) is 128 Å². The van der Waals surface area contributed by atoms with E-state index >= 15 is 0 Å². The fourth-order valence-electron chi connectivity index (χ4n) is 11.2. The third-order valence-electron chi connectivity index (χ3n) is 22.0. The second-order valence-electron chi connectivity index (χ2n) is 35.7. The number of hydrogen-bond donors (Lipinski definition) is 0. The molecule has 0 spiro atoms. The highest BCUT2D eigenvalue weighted by atomic mass is 19.4. The molecule has 4 rings (SSSR count).